The van der Waals surface area contributed by atoms with Crippen molar-refractivity contribution in [3.05, 3.63) is 42.2 Å². The minimum absolute atomic E-state index is 0.0227. The van der Waals surface area contributed by atoms with Crippen molar-refractivity contribution in [3.8, 4) is 11.5 Å². The average Bonchev–Trinajstić information content (AvgIpc) is 3.64. The van der Waals surface area contributed by atoms with Crippen molar-refractivity contribution in [1.29, 1.82) is 0 Å². The van der Waals surface area contributed by atoms with E-state index in [9.17, 15) is 40.7 Å². The summed E-state index contributed by atoms with van der Waals surface area (Å²) >= 11 is 0. The fourth-order valence-corrected chi connectivity index (χ4v) is 5.57. The third-order valence-electron chi connectivity index (χ3n) is 6.47. The molecule has 1 saturated carbocycles. The molecule has 4 rings (SSSR count). The first-order chi connectivity index (χ1) is 18.0. The Bertz CT molecular complexity index is 1410. The normalized spacial score (nSPS) is 20.9. The van der Waals surface area contributed by atoms with E-state index in [0.717, 1.165) is 35.7 Å². The van der Waals surface area contributed by atoms with Gasteiger partial charge in [0.05, 0.1) is 30.2 Å². The maximum absolute atomic E-state index is 14.0. The van der Waals surface area contributed by atoms with E-state index in [0.29, 0.717) is 13.8 Å². The number of aliphatic carboxylic acids is 1. The first-order valence-electron chi connectivity index (χ1n) is 11.5. The van der Waals surface area contributed by atoms with Crippen LogP contribution in [0.2, 0.25) is 0 Å². The molecule has 2 N–H and O–H groups in total. The van der Waals surface area contributed by atoms with Crippen LogP contribution < -0.4 is 19.1 Å². The van der Waals surface area contributed by atoms with E-state index in [1.54, 1.807) is 0 Å². The molecule has 0 aromatic heterocycles. The summed E-state index contributed by atoms with van der Waals surface area (Å²) in [4.78, 5) is 23.3. The molecule has 2 aromatic rings. The van der Waals surface area contributed by atoms with Gasteiger partial charge in [0.1, 0.15) is 11.9 Å². The number of benzene rings is 2. The van der Waals surface area contributed by atoms with Gasteiger partial charge in [-0.25, -0.2) is 17.6 Å². The molecule has 3 atom stereocenters. The second-order valence-electron chi connectivity index (χ2n) is 9.54. The molecule has 1 heterocycles. The van der Waals surface area contributed by atoms with Crippen LogP contribution >= 0.6 is 0 Å². The molecule has 0 radical (unpaired) electrons. The van der Waals surface area contributed by atoms with Crippen LogP contribution in [-0.4, -0.2) is 57.1 Å². The van der Waals surface area contributed by atoms with Crippen molar-refractivity contribution in [2.75, 3.05) is 23.3 Å². The van der Waals surface area contributed by atoms with Gasteiger partial charge in [0.15, 0.2) is 11.6 Å². The van der Waals surface area contributed by atoms with Crippen molar-refractivity contribution >= 4 is 33.5 Å². The molecular formula is C24H24F4N2O8S. The number of alkyl halides is 3. The summed E-state index contributed by atoms with van der Waals surface area (Å²) in [6.45, 7) is 1.01. The van der Waals surface area contributed by atoms with E-state index in [-0.39, 0.29) is 40.7 Å². The maximum atomic E-state index is 14.0. The largest absolute Gasteiger partial charge is 0.494 e. The zero-order chi connectivity index (χ0) is 28.9. The van der Waals surface area contributed by atoms with Crippen LogP contribution in [-0.2, 0) is 19.6 Å². The van der Waals surface area contributed by atoms with Gasteiger partial charge in [-0.1, -0.05) is 0 Å². The SMILES string of the molecule is COc1cc(S(=O)(=O)N2C[C@H]([C@H]3C[C@@H]3C(=O)O)Oc3ccc(NC(=O)OC(C)(C)C(F)(F)F)cc32)ccc1F. The van der Waals surface area contributed by atoms with E-state index in [4.69, 9.17) is 9.47 Å². The lowest BCUT2D eigenvalue weighted by Crippen LogP contribution is -2.45. The van der Waals surface area contributed by atoms with Gasteiger partial charge in [0.25, 0.3) is 10.0 Å². The number of fused-ring (bicyclic) bond motifs is 1. The number of methoxy groups -OCH3 is 1. The van der Waals surface area contributed by atoms with Gasteiger partial charge in [-0.2, -0.15) is 13.2 Å². The number of hydrogen-bond acceptors (Lipinski definition) is 7. The summed E-state index contributed by atoms with van der Waals surface area (Å²) in [5, 5.41) is 11.5. The van der Waals surface area contributed by atoms with Gasteiger partial charge >= 0.3 is 18.2 Å². The van der Waals surface area contributed by atoms with Crippen LogP contribution in [0.25, 0.3) is 0 Å². The molecule has 2 aliphatic rings. The number of nitrogens with one attached hydrogen (secondary N) is 1. The van der Waals surface area contributed by atoms with Crippen molar-refractivity contribution in [2.45, 2.75) is 43.0 Å². The zero-order valence-electron chi connectivity index (χ0n) is 20.8. The van der Waals surface area contributed by atoms with Crippen LogP contribution in [0.5, 0.6) is 11.5 Å². The van der Waals surface area contributed by atoms with Gasteiger partial charge in [0, 0.05) is 17.7 Å². The molecule has 39 heavy (non-hydrogen) atoms. The van der Waals surface area contributed by atoms with Crippen LogP contribution in [0.1, 0.15) is 20.3 Å². The molecule has 15 heteroatoms. The Kier molecular flexibility index (Phi) is 7.08. The Morgan fingerprint density at radius 1 is 1.15 bits per heavy atom. The number of carboxylic acids is 1. The number of ether oxygens (including phenoxy) is 3. The van der Waals surface area contributed by atoms with Gasteiger partial charge in [-0.3, -0.25) is 14.4 Å². The number of carbonyl (C=O) groups excluding carboxylic acids is 1. The number of carbonyl (C=O) groups is 2. The minimum atomic E-state index is -4.85. The maximum Gasteiger partial charge on any atom is 0.427 e. The van der Waals surface area contributed by atoms with Crippen molar-refractivity contribution in [1.82, 2.24) is 0 Å². The number of amides is 1. The van der Waals surface area contributed by atoms with Crippen molar-refractivity contribution < 1.29 is 54.9 Å². The fraction of sp³-hybridized carbons (Fsp3) is 0.417. The Labute approximate surface area is 220 Å². The van der Waals surface area contributed by atoms with E-state index in [2.05, 4.69) is 10.1 Å². The lowest BCUT2D eigenvalue weighted by atomic mass is 10.1. The van der Waals surface area contributed by atoms with E-state index < -0.39 is 57.6 Å². The standard InChI is InChI=1S/C24H24F4N2O8S/c1-23(2,24(26,27)28)38-22(33)29-12-4-7-18-17(8-12)30(11-20(37-18)14-10-15(14)21(31)32)39(34,35)13-5-6-16(25)19(9-13)36-3/h4-9,14-15,20H,10-11H2,1-3H3,(H,29,33)(H,31,32)/t14-,15-,20+/m0/s1. The average molecular weight is 577 g/mol. The molecule has 0 unspecified atom stereocenters. The van der Waals surface area contributed by atoms with Crippen molar-refractivity contribution in [2.24, 2.45) is 11.8 Å². The summed E-state index contributed by atoms with van der Waals surface area (Å²) in [6, 6.07) is 6.61. The molecule has 1 amide bonds. The molecule has 10 nitrogen and oxygen atoms in total. The van der Waals surface area contributed by atoms with Crippen LogP contribution in [0, 0.1) is 17.7 Å². The fourth-order valence-electron chi connectivity index (χ4n) is 4.07. The molecule has 0 bridgehead atoms. The minimum Gasteiger partial charge on any atom is -0.494 e. The first-order valence-corrected chi connectivity index (χ1v) is 13.0. The zero-order valence-corrected chi connectivity index (χ0v) is 21.6. The predicted octanol–water partition coefficient (Wildman–Crippen LogP) is 4.40. The number of nitrogens with zero attached hydrogens (tertiary/aromatic N) is 1. The summed E-state index contributed by atoms with van der Waals surface area (Å²) < 4.78 is 96.9. The number of sulfonamides is 1. The number of hydrogen-bond donors (Lipinski definition) is 2. The third kappa shape index (κ3) is 5.53. The molecule has 1 fully saturated rings. The van der Waals surface area contributed by atoms with E-state index >= 15 is 0 Å². The highest BCUT2D eigenvalue weighted by atomic mass is 32.2. The van der Waals surface area contributed by atoms with Gasteiger partial charge in [0.2, 0.25) is 5.60 Å². The predicted molar refractivity (Wildman–Crippen MR) is 128 cm³/mol. The van der Waals surface area contributed by atoms with Gasteiger partial charge < -0.3 is 19.3 Å². The molecule has 2 aromatic carbocycles. The second kappa shape index (κ2) is 9.77. The topological polar surface area (TPSA) is 131 Å². The monoisotopic (exact) mass is 576 g/mol. The quantitative estimate of drug-likeness (QED) is 0.464. The van der Waals surface area contributed by atoms with Crippen molar-refractivity contribution in [3.63, 3.8) is 0 Å². The summed E-state index contributed by atoms with van der Waals surface area (Å²) in [5.41, 5.74) is -3.00. The summed E-state index contributed by atoms with van der Waals surface area (Å²) in [7, 11) is -3.27. The summed E-state index contributed by atoms with van der Waals surface area (Å²) in [5.74, 6) is -3.36. The van der Waals surface area contributed by atoms with E-state index in [1.165, 1.54) is 12.1 Å². The van der Waals surface area contributed by atoms with Gasteiger partial charge in [-0.05, 0) is 50.6 Å². The highest BCUT2D eigenvalue weighted by Gasteiger charge is 2.52. The molecule has 0 saturated heterocycles. The molecule has 212 valence electrons. The highest BCUT2D eigenvalue weighted by Crippen LogP contribution is 2.48. The highest BCUT2D eigenvalue weighted by molar-refractivity contribution is 7.92. The number of rotatable bonds is 7. The smallest absolute Gasteiger partial charge is 0.427 e. The lowest BCUT2D eigenvalue weighted by Gasteiger charge is -2.36. The number of carboxylic acid groups (broad SMARTS) is 1. The third-order valence-corrected chi connectivity index (χ3v) is 8.25. The van der Waals surface area contributed by atoms with Crippen LogP contribution in [0.4, 0.5) is 33.7 Å². The summed E-state index contributed by atoms with van der Waals surface area (Å²) in [6.07, 6.45) is -6.85. The molecule has 0 spiro atoms. The van der Waals surface area contributed by atoms with Gasteiger partial charge in [-0.15, -0.1) is 0 Å². The van der Waals surface area contributed by atoms with E-state index in [1.807, 2.05) is 0 Å². The Morgan fingerprint density at radius 2 is 1.85 bits per heavy atom. The molecule has 1 aliphatic heterocycles. The van der Waals surface area contributed by atoms with Crippen LogP contribution in [0.15, 0.2) is 41.3 Å². The first kappa shape index (κ1) is 28.3. The Hall–Kier alpha value is -3.75. The number of halogens is 4. The Balaban J connectivity index is 1.69. The lowest BCUT2D eigenvalue weighted by molar-refractivity contribution is -0.242. The molecular weight excluding hydrogens is 552 g/mol. The molecule has 1 aliphatic carbocycles. The van der Waals surface area contributed by atoms with Crippen LogP contribution in [0.3, 0.4) is 0 Å². The number of anilines is 2. The Morgan fingerprint density at radius 3 is 2.44 bits per heavy atom. The second-order valence-corrected chi connectivity index (χ2v) is 11.4.